The Hall–Kier alpha value is -2.06. The Morgan fingerprint density at radius 3 is 2.83 bits per heavy atom. The van der Waals surface area contributed by atoms with E-state index in [1.165, 1.54) is 12.8 Å². The van der Waals surface area contributed by atoms with E-state index in [4.69, 9.17) is 0 Å². The van der Waals surface area contributed by atoms with Gasteiger partial charge in [0.05, 0.1) is 5.03 Å². The molecule has 4 nitrogen and oxygen atoms in total. The predicted octanol–water partition coefficient (Wildman–Crippen LogP) is 3.58. The highest BCUT2D eigenvalue weighted by Crippen LogP contribution is 2.46. The largest absolute Gasteiger partial charge is 0.302 e. The molecule has 3 heterocycles. The molecule has 0 bridgehead atoms. The van der Waals surface area contributed by atoms with Crippen LogP contribution in [0.4, 0.5) is 0 Å². The fraction of sp³-hybridized carbons (Fsp3) is 0.421. The van der Waals surface area contributed by atoms with Crippen molar-refractivity contribution in [2.75, 3.05) is 5.75 Å². The van der Waals surface area contributed by atoms with Gasteiger partial charge in [0.25, 0.3) is 5.56 Å². The van der Waals surface area contributed by atoms with Gasteiger partial charge in [-0.2, -0.15) is 5.26 Å². The molecule has 1 atom stereocenters. The molecule has 0 spiro atoms. The second-order valence-corrected chi connectivity index (χ2v) is 8.25. The van der Waals surface area contributed by atoms with Gasteiger partial charge in [-0.05, 0) is 30.9 Å². The standard InChI is InChI=1S/C19H19N3OS/c1-12-10-22-17(24-11-12)7-14(15(8-20)18(22)23)13-3-4-16(21-9-13)19(2)5-6-19/h3-4,7,9,12H,5-6,10-11H2,1-2H3/t12-/m1/s1. The number of pyridine rings is 2. The minimum atomic E-state index is -0.178. The molecule has 0 N–H and O–H groups in total. The molecule has 1 fully saturated rings. The minimum Gasteiger partial charge on any atom is -0.302 e. The summed E-state index contributed by atoms with van der Waals surface area (Å²) < 4.78 is 1.74. The summed E-state index contributed by atoms with van der Waals surface area (Å²) in [6.07, 6.45) is 4.16. The van der Waals surface area contributed by atoms with Gasteiger partial charge in [-0.1, -0.05) is 19.9 Å². The molecule has 0 amide bonds. The summed E-state index contributed by atoms with van der Waals surface area (Å²) in [6, 6.07) is 8.12. The number of fused-ring (bicyclic) bond motifs is 1. The van der Waals surface area contributed by atoms with Gasteiger partial charge in [-0.15, -0.1) is 11.8 Å². The zero-order valence-electron chi connectivity index (χ0n) is 13.9. The van der Waals surface area contributed by atoms with Crippen molar-refractivity contribution in [2.24, 2.45) is 5.92 Å². The van der Waals surface area contributed by atoms with Gasteiger partial charge in [-0.25, -0.2) is 0 Å². The number of nitriles is 1. The van der Waals surface area contributed by atoms with Crippen LogP contribution in [0.25, 0.3) is 11.1 Å². The average Bonchev–Trinajstić information content (AvgIpc) is 3.34. The van der Waals surface area contributed by atoms with Crippen LogP contribution in [0.15, 0.2) is 34.2 Å². The van der Waals surface area contributed by atoms with E-state index in [1.54, 1.807) is 16.3 Å². The Balaban J connectivity index is 1.82. The lowest BCUT2D eigenvalue weighted by atomic mass is 10.00. The van der Waals surface area contributed by atoms with Gasteiger partial charge in [-0.3, -0.25) is 9.78 Å². The number of aromatic nitrogens is 2. The van der Waals surface area contributed by atoms with Crippen LogP contribution in [0.3, 0.4) is 0 Å². The van der Waals surface area contributed by atoms with Crippen molar-refractivity contribution in [2.45, 2.75) is 43.7 Å². The highest BCUT2D eigenvalue weighted by molar-refractivity contribution is 7.99. The summed E-state index contributed by atoms with van der Waals surface area (Å²) in [5.74, 6) is 1.44. The molecule has 1 aliphatic carbocycles. The van der Waals surface area contributed by atoms with Crippen LogP contribution >= 0.6 is 11.8 Å². The molecule has 0 saturated heterocycles. The Labute approximate surface area is 145 Å². The lowest BCUT2D eigenvalue weighted by Gasteiger charge is -2.24. The van der Waals surface area contributed by atoms with Crippen LogP contribution in [0, 0.1) is 17.2 Å². The van der Waals surface area contributed by atoms with Gasteiger partial charge >= 0.3 is 0 Å². The molecule has 2 aromatic heterocycles. The van der Waals surface area contributed by atoms with Crippen molar-refractivity contribution in [3.63, 3.8) is 0 Å². The average molecular weight is 337 g/mol. The van der Waals surface area contributed by atoms with E-state index in [1.807, 2.05) is 24.4 Å². The lowest BCUT2D eigenvalue weighted by molar-refractivity contribution is 0.474. The fourth-order valence-corrected chi connectivity index (χ4v) is 4.27. The molecule has 4 rings (SSSR count). The Bertz CT molecular complexity index is 904. The molecule has 0 aromatic carbocycles. The second kappa shape index (κ2) is 5.49. The van der Waals surface area contributed by atoms with Gasteiger partial charge in [0.15, 0.2) is 0 Å². The smallest absolute Gasteiger partial charge is 0.269 e. The fourth-order valence-electron chi connectivity index (χ4n) is 3.20. The maximum Gasteiger partial charge on any atom is 0.269 e. The number of rotatable bonds is 2. The van der Waals surface area contributed by atoms with E-state index in [9.17, 15) is 10.1 Å². The molecule has 1 aliphatic heterocycles. The van der Waals surface area contributed by atoms with Gasteiger partial charge in [0, 0.05) is 40.7 Å². The van der Waals surface area contributed by atoms with Crippen LogP contribution < -0.4 is 5.56 Å². The monoisotopic (exact) mass is 337 g/mol. The van der Waals surface area contributed by atoms with Crippen LogP contribution in [0.1, 0.15) is 37.9 Å². The third-order valence-corrected chi connectivity index (χ3v) is 6.45. The van der Waals surface area contributed by atoms with E-state index in [2.05, 4.69) is 24.9 Å². The van der Waals surface area contributed by atoms with Crippen LogP contribution in [0.5, 0.6) is 0 Å². The molecule has 24 heavy (non-hydrogen) atoms. The number of nitrogens with zero attached hydrogens (tertiary/aromatic N) is 3. The normalized spacial score (nSPS) is 21.0. The van der Waals surface area contributed by atoms with Crippen molar-refractivity contribution in [1.29, 1.82) is 5.26 Å². The third-order valence-electron chi connectivity index (χ3n) is 5.08. The summed E-state index contributed by atoms with van der Waals surface area (Å²) in [7, 11) is 0. The zero-order chi connectivity index (χ0) is 16.9. The first-order chi connectivity index (χ1) is 11.5. The van der Waals surface area contributed by atoms with Crippen molar-refractivity contribution in [1.82, 2.24) is 9.55 Å². The van der Waals surface area contributed by atoms with Crippen molar-refractivity contribution < 1.29 is 0 Å². The van der Waals surface area contributed by atoms with Gasteiger partial charge < -0.3 is 4.57 Å². The number of hydrogen-bond acceptors (Lipinski definition) is 4. The molecule has 0 unspecified atom stereocenters. The summed E-state index contributed by atoms with van der Waals surface area (Å²) in [5.41, 5.74) is 2.92. The SMILES string of the molecule is C[C@H]1CSc2cc(-c3ccc(C4(C)CC4)nc3)c(C#N)c(=O)n2C1. The number of thioether (sulfide) groups is 1. The Kier molecular flexibility index (Phi) is 3.54. The zero-order valence-corrected chi connectivity index (χ0v) is 14.7. The van der Waals surface area contributed by atoms with E-state index in [0.29, 0.717) is 18.0 Å². The lowest BCUT2D eigenvalue weighted by Crippen LogP contribution is -2.30. The van der Waals surface area contributed by atoms with Crippen LogP contribution in [-0.4, -0.2) is 15.3 Å². The predicted molar refractivity (Wildman–Crippen MR) is 95.1 cm³/mol. The summed E-state index contributed by atoms with van der Waals surface area (Å²) >= 11 is 1.69. The summed E-state index contributed by atoms with van der Waals surface area (Å²) in [5, 5.41) is 10.5. The van der Waals surface area contributed by atoms with Crippen LogP contribution in [-0.2, 0) is 12.0 Å². The molecule has 2 aromatic rings. The Morgan fingerprint density at radius 2 is 2.21 bits per heavy atom. The maximum absolute atomic E-state index is 12.7. The molecule has 5 heteroatoms. The number of hydrogen-bond donors (Lipinski definition) is 0. The van der Waals surface area contributed by atoms with Gasteiger partial charge in [0.2, 0.25) is 0 Å². The highest BCUT2D eigenvalue weighted by Gasteiger charge is 2.40. The topological polar surface area (TPSA) is 58.7 Å². The van der Waals surface area contributed by atoms with E-state index in [0.717, 1.165) is 22.0 Å². The van der Waals surface area contributed by atoms with Crippen LogP contribution in [0.2, 0.25) is 0 Å². The van der Waals surface area contributed by atoms with Crippen molar-refractivity contribution in [3.05, 3.63) is 46.0 Å². The second-order valence-electron chi connectivity index (χ2n) is 7.21. The summed E-state index contributed by atoms with van der Waals surface area (Å²) in [6.45, 7) is 5.04. The minimum absolute atomic E-state index is 0.178. The van der Waals surface area contributed by atoms with Crippen molar-refractivity contribution >= 4 is 11.8 Å². The molecule has 2 aliphatic rings. The maximum atomic E-state index is 12.7. The van der Waals surface area contributed by atoms with Crippen molar-refractivity contribution in [3.8, 4) is 17.2 Å². The quantitative estimate of drug-likeness (QED) is 0.840. The third kappa shape index (κ3) is 2.46. The highest BCUT2D eigenvalue weighted by atomic mass is 32.2. The molecular weight excluding hydrogens is 318 g/mol. The summed E-state index contributed by atoms with van der Waals surface area (Å²) in [4.78, 5) is 17.3. The van der Waals surface area contributed by atoms with E-state index in [-0.39, 0.29) is 16.5 Å². The van der Waals surface area contributed by atoms with Gasteiger partial charge in [0.1, 0.15) is 11.6 Å². The molecule has 1 saturated carbocycles. The van der Waals surface area contributed by atoms with E-state index < -0.39 is 0 Å². The molecule has 122 valence electrons. The molecule has 0 radical (unpaired) electrons. The van der Waals surface area contributed by atoms with E-state index >= 15 is 0 Å². The first-order valence-electron chi connectivity index (χ1n) is 8.29. The first-order valence-corrected chi connectivity index (χ1v) is 9.28. The first kappa shape index (κ1) is 15.5. The Morgan fingerprint density at radius 1 is 1.42 bits per heavy atom. The molecular formula is C19H19N3OS.